The van der Waals surface area contributed by atoms with Crippen LogP contribution in [0.3, 0.4) is 0 Å². The largest absolute Gasteiger partial charge is 0.497 e. The summed E-state index contributed by atoms with van der Waals surface area (Å²) in [5, 5.41) is 16.1. The van der Waals surface area contributed by atoms with E-state index in [1.165, 1.54) is 20.7 Å². The van der Waals surface area contributed by atoms with Crippen LogP contribution < -0.4 is 35.0 Å². The van der Waals surface area contributed by atoms with Crippen molar-refractivity contribution in [2.45, 2.75) is 219 Å². The van der Waals surface area contributed by atoms with E-state index in [-0.39, 0.29) is 52.6 Å². The molecule has 564 valence electrons. The highest BCUT2D eigenvalue weighted by Gasteiger charge is 2.53. The quantitative estimate of drug-likeness (QED) is 0.0304. The fourth-order valence-electron chi connectivity index (χ4n) is 13.5. The molecule has 2 aliphatic heterocycles. The van der Waals surface area contributed by atoms with Gasteiger partial charge >= 0.3 is 0 Å². The number of benzene rings is 7. The zero-order valence-corrected chi connectivity index (χ0v) is 68.5. The zero-order valence-electron chi connectivity index (χ0n) is 64.9. The van der Waals surface area contributed by atoms with Crippen LogP contribution in [0.2, 0.25) is 10.1 Å². The van der Waals surface area contributed by atoms with Crippen molar-refractivity contribution >= 4 is 53.3 Å². The van der Waals surface area contributed by atoms with Gasteiger partial charge in [-0.1, -0.05) is 253 Å². The van der Waals surface area contributed by atoms with Gasteiger partial charge in [-0.05, 0) is 169 Å². The van der Waals surface area contributed by atoms with Crippen LogP contribution in [0.5, 0.6) is 17.2 Å². The molecular weight excluding hydrogens is 1400 g/mol. The highest BCUT2D eigenvalue weighted by atomic mass is 79.9. The van der Waals surface area contributed by atoms with E-state index in [2.05, 4.69) is 212 Å². The summed E-state index contributed by atoms with van der Waals surface area (Å²) in [6.07, 6.45) is 12.6. The molecule has 2 fully saturated rings. The Hall–Kier alpha value is -6.33. The third-order valence-electron chi connectivity index (χ3n) is 18.9. The first-order valence-corrected chi connectivity index (χ1v) is 41.6. The van der Waals surface area contributed by atoms with Crippen LogP contribution >= 0.6 is 15.9 Å². The maximum Gasteiger partial charge on any atom is 0.261 e. The molecule has 2 saturated heterocycles. The summed E-state index contributed by atoms with van der Waals surface area (Å²) in [6, 6.07) is 66.7. The lowest BCUT2D eigenvalue weighted by Crippen LogP contribution is -2.66. The fraction of sp³-hybridized carbons (Fsp3) is 0.455. The predicted molar refractivity (Wildman–Crippen MR) is 431 cm³/mol. The van der Waals surface area contributed by atoms with Gasteiger partial charge in [0.05, 0.1) is 77.8 Å². The SMILES string of the molecule is COc1ccc(CO[C@H](C)C/C=C\Br)cc1.COc1ccc(CO[C@H](C)C/C=C\C(C)[C@H]2OC(C)(C)O[C@H]2CCO[Si](c2ccccc2)(c2ccccc2)C(C)(C)C)cc1.COc1ccc(CO[C@H](C)C/C=C\C(O)[C@H]2OC(C)(C)O[C@H]2CCO[Si](c2ccccc2)(c2ccccc2)C(C)(C)C)cc1. The molecule has 2 unspecified atom stereocenters. The first kappa shape index (κ1) is 84.9. The highest BCUT2D eigenvalue weighted by molar-refractivity contribution is 9.11. The fourth-order valence-corrected chi connectivity index (χ4v) is 22.9. The topological polar surface area (TPSA) is 131 Å². The van der Waals surface area contributed by atoms with Gasteiger partial charge in [0.15, 0.2) is 11.6 Å². The summed E-state index contributed by atoms with van der Waals surface area (Å²) in [5.74, 6) is 1.31. The number of rotatable bonds is 34. The van der Waals surface area contributed by atoms with Gasteiger partial charge in [-0.3, -0.25) is 0 Å². The van der Waals surface area contributed by atoms with Crippen LogP contribution in [-0.2, 0) is 61.8 Å². The molecule has 104 heavy (non-hydrogen) atoms. The number of hydrogen-bond acceptors (Lipinski definition) is 13. The van der Waals surface area contributed by atoms with E-state index in [0.29, 0.717) is 45.9 Å². The van der Waals surface area contributed by atoms with Gasteiger partial charge in [0.1, 0.15) is 29.5 Å². The number of halogens is 1. The van der Waals surface area contributed by atoms with Crippen molar-refractivity contribution in [3.63, 3.8) is 0 Å². The second-order valence-corrected chi connectivity index (χ2v) is 39.2. The minimum absolute atomic E-state index is 0.00612. The molecule has 7 aromatic carbocycles. The number of aliphatic hydroxyl groups is 1. The molecule has 0 radical (unpaired) electrons. The molecule has 9 rings (SSSR count). The molecule has 0 saturated carbocycles. The van der Waals surface area contributed by atoms with Gasteiger partial charge in [-0.2, -0.15) is 0 Å². The van der Waals surface area contributed by atoms with Gasteiger partial charge < -0.3 is 61.3 Å². The van der Waals surface area contributed by atoms with Crippen LogP contribution in [-0.4, -0.2) is 117 Å². The van der Waals surface area contributed by atoms with E-state index in [9.17, 15) is 5.11 Å². The summed E-state index contributed by atoms with van der Waals surface area (Å²) in [5.41, 5.74) is 3.39. The van der Waals surface area contributed by atoms with E-state index in [1.807, 2.05) is 125 Å². The van der Waals surface area contributed by atoms with Crippen LogP contribution in [0.1, 0.15) is 146 Å². The second-order valence-electron chi connectivity index (χ2n) is 30.1. The van der Waals surface area contributed by atoms with E-state index >= 15 is 0 Å². The van der Waals surface area contributed by atoms with Gasteiger partial charge in [-0.15, -0.1) is 0 Å². The first-order valence-electron chi connectivity index (χ1n) is 36.9. The lowest BCUT2D eigenvalue weighted by molar-refractivity contribution is -0.153. The second kappa shape index (κ2) is 41.1. The predicted octanol–water partition coefficient (Wildman–Crippen LogP) is 18.0. The molecule has 0 aliphatic carbocycles. The van der Waals surface area contributed by atoms with Crippen molar-refractivity contribution in [2.24, 2.45) is 5.92 Å². The molecule has 16 heteroatoms. The summed E-state index contributed by atoms with van der Waals surface area (Å²) in [4.78, 5) is 1.86. The lowest BCUT2D eigenvalue weighted by atomic mass is 9.97. The molecule has 0 amide bonds. The number of methoxy groups -OCH3 is 3. The normalized spacial score (nSPS) is 19.0. The summed E-state index contributed by atoms with van der Waals surface area (Å²) < 4.78 is 73.1. The van der Waals surface area contributed by atoms with Crippen LogP contribution in [0.15, 0.2) is 229 Å². The molecule has 0 aromatic heterocycles. The molecule has 7 aromatic rings. The third-order valence-corrected chi connectivity index (χ3v) is 29.4. The Bertz CT molecular complexity index is 3340. The Kier molecular flexibility index (Phi) is 33.6. The average Bonchev–Trinajstić information content (AvgIpc) is 1.72. The Balaban J connectivity index is 0.000000240. The maximum atomic E-state index is 11.2. The molecule has 0 bridgehead atoms. The number of ether oxygens (including phenoxy) is 10. The molecular formula is C88H119BrO13Si2. The first-order chi connectivity index (χ1) is 49.7. The van der Waals surface area contributed by atoms with Gasteiger partial charge in [0.2, 0.25) is 0 Å². The average molecular weight is 1520 g/mol. The lowest BCUT2D eigenvalue weighted by Gasteiger charge is -2.43. The Morgan fingerprint density at radius 1 is 0.423 bits per heavy atom. The van der Waals surface area contributed by atoms with Crippen molar-refractivity contribution in [3.05, 3.63) is 246 Å². The van der Waals surface area contributed by atoms with Crippen molar-refractivity contribution < 1.29 is 61.3 Å². The molecule has 2 heterocycles. The monoisotopic (exact) mass is 1520 g/mol. The number of hydrogen-bond donors (Lipinski definition) is 1. The third kappa shape index (κ3) is 25.1. The molecule has 9 atom stereocenters. The smallest absolute Gasteiger partial charge is 0.261 e. The van der Waals surface area contributed by atoms with E-state index in [0.717, 1.165) is 53.2 Å². The Labute approximate surface area is 634 Å². The van der Waals surface area contributed by atoms with E-state index in [4.69, 9.17) is 56.2 Å². The van der Waals surface area contributed by atoms with Crippen LogP contribution in [0.4, 0.5) is 0 Å². The van der Waals surface area contributed by atoms with Crippen molar-refractivity contribution in [3.8, 4) is 17.2 Å². The van der Waals surface area contributed by atoms with Crippen molar-refractivity contribution in [2.75, 3.05) is 34.5 Å². The number of aliphatic hydroxyl groups excluding tert-OH is 1. The summed E-state index contributed by atoms with van der Waals surface area (Å²) in [7, 11) is -0.275. The molecule has 0 spiro atoms. The Morgan fingerprint density at radius 2 is 0.721 bits per heavy atom. The highest BCUT2D eigenvalue weighted by Crippen LogP contribution is 2.41. The Morgan fingerprint density at radius 3 is 1.03 bits per heavy atom. The van der Waals surface area contributed by atoms with E-state index < -0.39 is 40.4 Å². The maximum absolute atomic E-state index is 11.2. The summed E-state index contributed by atoms with van der Waals surface area (Å²) >= 11 is 3.24. The van der Waals surface area contributed by atoms with E-state index in [1.54, 1.807) is 27.4 Å². The van der Waals surface area contributed by atoms with Crippen molar-refractivity contribution in [1.82, 2.24) is 0 Å². The van der Waals surface area contributed by atoms with Gasteiger partial charge in [0.25, 0.3) is 16.6 Å². The minimum atomic E-state index is -2.67. The standard InChI is InChI=1S/C38H52O5Si.C37H50O6Si.C13H17BrO2/c1-29(16-15-17-30(2)40-28-31-22-24-32(39-8)25-23-31)36-35(42-38(6,7)43-36)26-27-41-44(37(3,4)5,33-18-11-9-12-19-33)34-20-13-10-14-21-34;1-28(40-27-29-21-23-30(39-7)24-22-29)15-14-20-33(38)35-34(42-37(5,6)43-35)25-26-41-44(36(2,3)4,31-16-10-8-11-17-31)32-18-12-9-13-19-32;1-11(4-3-9-14)16-10-12-5-7-13(15-2)8-6-12/h9-16,18-25,29-30,35-36H,17,26-28H2,1-8H3;8-14,16-24,28,33-35,38H,15,25-27H2,1-7H3;3,5-9,11H,4,10H2,1-2H3/b16-15-;20-14-;9-3-/t29?,30-,35+,36-;28-,33?,34+,35-;11-/m111/s1. The zero-order chi connectivity index (χ0) is 75.4. The molecule has 13 nitrogen and oxygen atoms in total. The minimum Gasteiger partial charge on any atom is -0.497 e. The van der Waals surface area contributed by atoms with Gasteiger partial charge in [0, 0.05) is 19.1 Å². The summed E-state index contributed by atoms with van der Waals surface area (Å²) in [6.45, 7) is 32.8. The molecule has 2 aliphatic rings. The van der Waals surface area contributed by atoms with Crippen LogP contribution in [0, 0.1) is 5.92 Å². The molecule has 1 N–H and O–H groups in total. The van der Waals surface area contributed by atoms with Crippen molar-refractivity contribution in [1.29, 1.82) is 0 Å². The van der Waals surface area contributed by atoms with Gasteiger partial charge in [-0.25, -0.2) is 0 Å². The van der Waals surface area contributed by atoms with Crippen LogP contribution in [0.25, 0.3) is 0 Å².